The van der Waals surface area contributed by atoms with Crippen molar-refractivity contribution in [1.82, 2.24) is 9.97 Å². The quantitative estimate of drug-likeness (QED) is 0.476. The van der Waals surface area contributed by atoms with Gasteiger partial charge in [-0.2, -0.15) is 0 Å². The number of rotatable bonds is 6. The first-order valence-electron chi connectivity index (χ1n) is 11.4. The zero-order valence-corrected chi connectivity index (χ0v) is 19.8. The number of carbonyl (C=O) groups is 1. The summed E-state index contributed by atoms with van der Waals surface area (Å²) in [5, 5.41) is 0.696. The molecule has 2 aromatic rings. The van der Waals surface area contributed by atoms with Crippen LogP contribution in [-0.2, 0) is 0 Å². The van der Waals surface area contributed by atoms with E-state index in [4.69, 9.17) is 11.6 Å². The standard InChI is InChI=1S/C27H30ClN3O/c1-4-7-22-18(2)12-13-29-26(22)23-16-20(8-10-24(23)28)19(3)27(32)21-9-11-25(30-17-21)31-14-5-6-15-31/h4,7,9-13,16-17,19-20H,5-6,8,14-15H2,1-3H3. The third-order valence-corrected chi connectivity index (χ3v) is 6.88. The van der Waals surface area contributed by atoms with E-state index >= 15 is 0 Å². The van der Waals surface area contributed by atoms with Gasteiger partial charge in [0, 0.05) is 53.1 Å². The maximum atomic E-state index is 13.3. The van der Waals surface area contributed by atoms with E-state index in [0.717, 1.165) is 47.7 Å². The zero-order chi connectivity index (χ0) is 22.7. The smallest absolute Gasteiger partial charge is 0.167 e. The lowest BCUT2D eigenvalue weighted by Gasteiger charge is -2.25. The molecule has 0 spiro atoms. The Labute approximate surface area is 195 Å². The van der Waals surface area contributed by atoms with Gasteiger partial charge in [-0.15, -0.1) is 0 Å². The predicted octanol–water partition coefficient (Wildman–Crippen LogP) is 6.46. The first kappa shape index (κ1) is 22.5. The van der Waals surface area contributed by atoms with Crippen LogP contribution in [0, 0.1) is 18.8 Å². The summed E-state index contributed by atoms with van der Waals surface area (Å²) in [6.45, 7) is 8.15. The summed E-state index contributed by atoms with van der Waals surface area (Å²) >= 11 is 6.62. The molecule has 1 fully saturated rings. The van der Waals surface area contributed by atoms with Gasteiger partial charge in [0.1, 0.15) is 5.82 Å². The highest BCUT2D eigenvalue weighted by Gasteiger charge is 2.28. The Morgan fingerprint density at radius 1 is 1.22 bits per heavy atom. The van der Waals surface area contributed by atoms with E-state index in [-0.39, 0.29) is 17.6 Å². The minimum atomic E-state index is -0.180. The molecule has 166 valence electrons. The molecule has 0 radical (unpaired) electrons. The fraction of sp³-hybridized carbons (Fsp3) is 0.370. The summed E-state index contributed by atoms with van der Waals surface area (Å²) in [6, 6.07) is 5.90. The van der Waals surface area contributed by atoms with Gasteiger partial charge in [-0.1, -0.05) is 42.8 Å². The average molecular weight is 448 g/mol. The summed E-state index contributed by atoms with van der Waals surface area (Å²) in [6.07, 6.45) is 14.9. The Hall–Kier alpha value is -2.72. The number of pyridine rings is 2. The van der Waals surface area contributed by atoms with Crippen LogP contribution in [0.25, 0.3) is 11.6 Å². The van der Waals surface area contributed by atoms with Crippen LogP contribution in [0.4, 0.5) is 5.82 Å². The molecule has 0 bridgehead atoms. The number of nitrogens with zero attached hydrogens (tertiary/aromatic N) is 3. The second-order valence-corrected chi connectivity index (χ2v) is 9.08. The Balaban J connectivity index is 1.58. The van der Waals surface area contributed by atoms with Gasteiger partial charge in [0.15, 0.2) is 5.78 Å². The molecule has 2 aliphatic rings. The van der Waals surface area contributed by atoms with Crippen LogP contribution >= 0.6 is 11.6 Å². The van der Waals surface area contributed by atoms with Gasteiger partial charge in [-0.3, -0.25) is 9.78 Å². The second kappa shape index (κ2) is 9.83. The van der Waals surface area contributed by atoms with Crippen molar-refractivity contribution in [1.29, 1.82) is 0 Å². The average Bonchev–Trinajstić information content (AvgIpc) is 3.35. The number of Topliss-reactive ketones (excluding diaryl/α,β-unsaturated/α-hetero) is 1. The van der Waals surface area contributed by atoms with E-state index in [1.54, 1.807) is 6.20 Å². The molecule has 3 heterocycles. The molecule has 2 aromatic heterocycles. The summed E-state index contributed by atoms with van der Waals surface area (Å²) in [7, 11) is 0. The fourth-order valence-electron chi connectivity index (χ4n) is 4.54. The summed E-state index contributed by atoms with van der Waals surface area (Å²) < 4.78 is 0. The van der Waals surface area contributed by atoms with Crippen molar-refractivity contribution in [2.45, 2.75) is 40.0 Å². The van der Waals surface area contributed by atoms with Crippen LogP contribution in [0.2, 0.25) is 0 Å². The van der Waals surface area contributed by atoms with Gasteiger partial charge >= 0.3 is 0 Å². The monoisotopic (exact) mass is 447 g/mol. The molecule has 0 aromatic carbocycles. The van der Waals surface area contributed by atoms with Crippen LogP contribution in [-0.4, -0.2) is 28.8 Å². The molecule has 1 aliphatic heterocycles. The lowest BCUT2D eigenvalue weighted by molar-refractivity contribution is 0.0903. The topological polar surface area (TPSA) is 46.1 Å². The molecule has 1 aliphatic carbocycles. The normalized spacial score (nSPS) is 19.8. The number of allylic oxidation sites excluding steroid dienone is 5. The summed E-state index contributed by atoms with van der Waals surface area (Å²) in [4.78, 5) is 24.7. The SMILES string of the molecule is CC=Cc1c(C)ccnc1C1=CC(C(C)C(=O)c2ccc(N3CCCC3)nc2)CC=C1Cl. The fourth-order valence-corrected chi connectivity index (χ4v) is 4.78. The van der Waals surface area contributed by atoms with Crippen molar-refractivity contribution in [3.05, 3.63) is 76.2 Å². The van der Waals surface area contributed by atoms with Gasteiger partial charge in [0.2, 0.25) is 0 Å². The Morgan fingerprint density at radius 3 is 2.69 bits per heavy atom. The maximum absolute atomic E-state index is 13.3. The van der Waals surface area contributed by atoms with Crippen LogP contribution < -0.4 is 4.90 Å². The van der Waals surface area contributed by atoms with E-state index in [2.05, 4.69) is 33.9 Å². The second-order valence-electron chi connectivity index (χ2n) is 8.67. The van der Waals surface area contributed by atoms with E-state index in [0.29, 0.717) is 10.6 Å². The lowest BCUT2D eigenvalue weighted by Crippen LogP contribution is -2.22. The number of anilines is 1. The van der Waals surface area contributed by atoms with Crippen LogP contribution in [0.3, 0.4) is 0 Å². The first-order chi connectivity index (χ1) is 15.5. The molecule has 0 amide bonds. The predicted molar refractivity (Wildman–Crippen MR) is 133 cm³/mol. The van der Waals surface area contributed by atoms with Crippen molar-refractivity contribution in [2.24, 2.45) is 11.8 Å². The lowest BCUT2D eigenvalue weighted by atomic mass is 9.81. The van der Waals surface area contributed by atoms with Gasteiger partial charge in [-0.25, -0.2) is 4.98 Å². The molecule has 4 nitrogen and oxygen atoms in total. The Kier molecular flexibility index (Phi) is 6.90. The van der Waals surface area contributed by atoms with Crippen molar-refractivity contribution < 1.29 is 4.79 Å². The highest BCUT2D eigenvalue weighted by molar-refractivity contribution is 6.37. The van der Waals surface area contributed by atoms with Gasteiger partial charge < -0.3 is 4.90 Å². The molecule has 2 unspecified atom stereocenters. The van der Waals surface area contributed by atoms with Gasteiger partial charge in [-0.05, 0) is 62.8 Å². The van der Waals surface area contributed by atoms with Crippen molar-refractivity contribution >= 4 is 34.9 Å². The number of carbonyl (C=O) groups excluding carboxylic acids is 1. The minimum Gasteiger partial charge on any atom is -0.357 e. The van der Waals surface area contributed by atoms with Crippen molar-refractivity contribution in [3.8, 4) is 0 Å². The highest BCUT2D eigenvalue weighted by atomic mass is 35.5. The van der Waals surface area contributed by atoms with E-state index in [9.17, 15) is 4.79 Å². The van der Waals surface area contributed by atoms with E-state index in [1.165, 1.54) is 12.8 Å². The largest absolute Gasteiger partial charge is 0.357 e. The Morgan fingerprint density at radius 2 is 2.00 bits per heavy atom. The summed E-state index contributed by atoms with van der Waals surface area (Å²) in [5.41, 5.74) is 4.65. The third kappa shape index (κ3) is 4.56. The summed E-state index contributed by atoms with van der Waals surface area (Å²) in [5.74, 6) is 0.950. The molecule has 5 heteroatoms. The maximum Gasteiger partial charge on any atom is 0.167 e. The van der Waals surface area contributed by atoms with Gasteiger partial charge in [0.25, 0.3) is 0 Å². The molecule has 0 saturated carbocycles. The number of ketones is 1. The molecular weight excluding hydrogens is 418 g/mol. The molecule has 1 saturated heterocycles. The number of aromatic nitrogens is 2. The molecular formula is C27H30ClN3O. The zero-order valence-electron chi connectivity index (χ0n) is 19.0. The van der Waals surface area contributed by atoms with Crippen LogP contribution in [0.15, 0.2) is 53.9 Å². The molecule has 4 rings (SSSR count). The van der Waals surface area contributed by atoms with Crippen molar-refractivity contribution in [3.63, 3.8) is 0 Å². The van der Waals surface area contributed by atoms with E-state index in [1.807, 2.05) is 50.4 Å². The number of hydrogen-bond acceptors (Lipinski definition) is 4. The number of halogens is 1. The molecule has 2 atom stereocenters. The Bertz CT molecular complexity index is 1080. The van der Waals surface area contributed by atoms with E-state index < -0.39 is 0 Å². The number of aryl methyl sites for hydroxylation is 1. The van der Waals surface area contributed by atoms with Gasteiger partial charge in [0.05, 0.1) is 5.69 Å². The number of hydrogen-bond donors (Lipinski definition) is 0. The first-order valence-corrected chi connectivity index (χ1v) is 11.8. The minimum absolute atomic E-state index is 0.0547. The highest BCUT2D eigenvalue weighted by Crippen LogP contribution is 2.38. The van der Waals surface area contributed by atoms with Crippen molar-refractivity contribution in [2.75, 3.05) is 18.0 Å². The van der Waals surface area contributed by atoms with Crippen LogP contribution in [0.1, 0.15) is 60.3 Å². The molecule has 32 heavy (non-hydrogen) atoms. The third-order valence-electron chi connectivity index (χ3n) is 6.52. The molecule has 0 N–H and O–H groups in total. The van der Waals surface area contributed by atoms with Crippen LogP contribution in [0.5, 0.6) is 0 Å².